The van der Waals surface area contributed by atoms with Gasteiger partial charge >= 0.3 is 0 Å². The molecule has 0 saturated heterocycles. The van der Waals surface area contributed by atoms with Crippen LogP contribution in [0.1, 0.15) is 44.2 Å². The van der Waals surface area contributed by atoms with Crippen molar-refractivity contribution in [2.45, 2.75) is 45.6 Å². The van der Waals surface area contributed by atoms with E-state index in [1.54, 1.807) is 0 Å². The highest BCUT2D eigenvalue weighted by Gasteiger charge is 2.17. The van der Waals surface area contributed by atoms with Crippen molar-refractivity contribution in [1.29, 1.82) is 0 Å². The number of hydrazone groups is 1. The zero-order valence-electron chi connectivity index (χ0n) is 18.4. The van der Waals surface area contributed by atoms with Gasteiger partial charge in [0, 0.05) is 11.8 Å². The molecule has 2 aromatic rings. The normalized spacial score (nSPS) is 13.1. The molecule has 0 aliphatic heterocycles. The molecule has 0 spiro atoms. The van der Waals surface area contributed by atoms with Gasteiger partial charge in [0.25, 0.3) is 0 Å². The molecule has 0 aliphatic carbocycles. The number of benzene rings is 2. The van der Waals surface area contributed by atoms with E-state index < -0.39 is 29.5 Å². The van der Waals surface area contributed by atoms with Crippen LogP contribution >= 0.6 is 0 Å². The molecule has 0 radical (unpaired) electrons. The van der Waals surface area contributed by atoms with Crippen molar-refractivity contribution in [1.82, 2.24) is 16.1 Å². The third-order valence-electron chi connectivity index (χ3n) is 4.68. The Morgan fingerprint density at radius 3 is 2.31 bits per heavy atom. The number of carbonyl (C=O) groups is 2. The van der Waals surface area contributed by atoms with E-state index in [1.165, 1.54) is 12.5 Å². The second-order valence-electron chi connectivity index (χ2n) is 7.69. The van der Waals surface area contributed by atoms with Gasteiger partial charge in [-0.1, -0.05) is 43.8 Å². The summed E-state index contributed by atoms with van der Waals surface area (Å²) in [6.07, 6.45) is 0.472. The Labute approximate surface area is 186 Å². The van der Waals surface area contributed by atoms with Gasteiger partial charge in [0.1, 0.15) is 23.5 Å². The smallest absolute Gasteiger partial charge is 0.247 e. The molecule has 0 heterocycles. The quantitative estimate of drug-likeness (QED) is 0.387. The van der Waals surface area contributed by atoms with Crippen molar-refractivity contribution in [3.05, 3.63) is 83.7 Å². The van der Waals surface area contributed by atoms with Crippen LogP contribution in [0.5, 0.6) is 0 Å². The van der Waals surface area contributed by atoms with Crippen LogP contribution in [0.4, 0.5) is 8.78 Å². The lowest BCUT2D eigenvalue weighted by atomic mass is 9.96. The van der Waals surface area contributed by atoms with Gasteiger partial charge in [-0.3, -0.25) is 15.0 Å². The molecule has 0 saturated carbocycles. The molecule has 2 aromatic carbocycles. The summed E-state index contributed by atoms with van der Waals surface area (Å²) in [4.78, 5) is 24.3. The number of nitrogens with one attached hydrogen (secondary N) is 3. The number of carbonyl (C=O) groups excluding carboxylic acids is 2. The van der Waals surface area contributed by atoms with Crippen LogP contribution in [0.3, 0.4) is 0 Å². The lowest BCUT2D eigenvalue weighted by molar-refractivity contribution is -0.127. The van der Waals surface area contributed by atoms with E-state index in [0.717, 1.165) is 30.3 Å². The summed E-state index contributed by atoms with van der Waals surface area (Å²) < 4.78 is 26.5. The Balaban J connectivity index is 1.78. The Morgan fingerprint density at radius 1 is 1.06 bits per heavy atom. The molecular formula is C24H28F2N4O2. The molecule has 1 unspecified atom stereocenters. The summed E-state index contributed by atoms with van der Waals surface area (Å²) in [5.74, 6) is -2.14. The fourth-order valence-electron chi connectivity index (χ4n) is 3.09. The minimum atomic E-state index is -0.886. The van der Waals surface area contributed by atoms with Gasteiger partial charge < -0.3 is 10.6 Å². The first-order chi connectivity index (χ1) is 15.1. The first-order valence-corrected chi connectivity index (χ1v) is 10.2. The van der Waals surface area contributed by atoms with E-state index in [-0.39, 0.29) is 23.7 Å². The van der Waals surface area contributed by atoms with Crippen molar-refractivity contribution < 1.29 is 18.4 Å². The Hall–Kier alpha value is -3.55. The minimum Gasteiger partial charge on any atom is -0.344 e. The third-order valence-corrected chi connectivity index (χ3v) is 4.68. The van der Waals surface area contributed by atoms with Gasteiger partial charge in [0.05, 0.1) is 6.42 Å². The highest BCUT2D eigenvalue weighted by Crippen LogP contribution is 2.18. The van der Waals surface area contributed by atoms with Crippen LogP contribution in [0.25, 0.3) is 0 Å². The number of halogens is 2. The summed E-state index contributed by atoms with van der Waals surface area (Å²) in [6.45, 7) is 9.17. The van der Waals surface area contributed by atoms with E-state index in [0.29, 0.717) is 0 Å². The van der Waals surface area contributed by atoms with Crippen LogP contribution in [-0.4, -0.2) is 23.6 Å². The molecule has 2 atom stereocenters. The molecule has 3 N–H and O–H groups in total. The maximum atomic E-state index is 13.2. The fraction of sp³-hybridized carbons (Fsp3) is 0.292. The van der Waals surface area contributed by atoms with E-state index in [4.69, 9.17) is 0 Å². The summed E-state index contributed by atoms with van der Waals surface area (Å²) in [5.41, 5.74) is 4.91. The standard InChI is InChI=1S/C24H28F2N4O2/c1-15(20-8-6-5-7-9-20)10-16(2)29-30-18(4)28-24(32)17(3)27-23(31)13-19-11-21(25)14-22(26)12-19/h5-9,11-12,14-15,17,30H,4,10,13H2,1-3H3,(H,27,31)(H,28,32)/b29-16+/t15?,17-/m0/s1. The zero-order valence-corrected chi connectivity index (χ0v) is 18.4. The molecule has 2 amide bonds. The predicted molar refractivity (Wildman–Crippen MR) is 121 cm³/mol. The maximum absolute atomic E-state index is 13.2. The molecule has 0 aliphatic rings. The second kappa shape index (κ2) is 11.7. The van der Waals surface area contributed by atoms with Crippen LogP contribution in [-0.2, 0) is 16.0 Å². The zero-order chi connectivity index (χ0) is 23.7. The van der Waals surface area contributed by atoms with Gasteiger partial charge in [-0.25, -0.2) is 8.78 Å². The molecule has 8 heteroatoms. The predicted octanol–water partition coefficient (Wildman–Crippen LogP) is 3.76. The van der Waals surface area contributed by atoms with E-state index in [2.05, 4.69) is 46.8 Å². The van der Waals surface area contributed by atoms with Crippen molar-refractivity contribution in [2.24, 2.45) is 5.10 Å². The van der Waals surface area contributed by atoms with Crippen molar-refractivity contribution in [3.8, 4) is 0 Å². The minimum absolute atomic E-state index is 0.162. The topological polar surface area (TPSA) is 82.6 Å². The number of nitrogens with zero attached hydrogens (tertiary/aromatic N) is 1. The number of rotatable bonds is 10. The first-order valence-electron chi connectivity index (χ1n) is 10.2. The van der Waals surface area contributed by atoms with Crippen molar-refractivity contribution >= 4 is 17.5 Å². The monoisotopic (exact) mass is 442 g/mol. The average Bonchev–Trinajstić information content (AvgIpc) is 2.71. The summed E-state index contributed by atoms with van der Waals surface area (Å²) in [7, 11) is 0. The summed E-state index contributed by atoms with van der Waals surface area (Å²) in [6, 6.07) is 12.0. The molecule has 2 rings (SSSR count). The van der Waals surface area contributed by atoms with E-state index in [1.807, 2.05) is 25.1 Å². The van der Waals surface area contributed by atoms with Crippen LogP contribution < -0.4 is 16.1 Å². The van der Waals surface area contributed by atoms with Gasteiger partial charge in [0.2, 0.25) is 11.8 Å². The molecular weight excluding hydrogens is 414 g/mol. The molecule has 170 valence electrons. The van der Waals surface area contributed by atoms with Crippen LogP contribution in [0, 0.1) is 11.6 Å². The molecule has 0 aromatic heterocycles. The first kappa shape index (κ1) is 24.7. The lowest BCUT2D eigenvalue weighted by Crippen LogP contribution is -2.46. The SMILES string of the molecule is C=C(N/N=C(\C)CC(C)c1ccccc1)NC(=O)[C@H](C)NC(=O)Cc1cc(F)cc(F)c1. The summed E-state index contributed by atoms with van der Waals surface area (Å²) >= 11 is 0. The molecule has 0 fully saturated rings. The number of hydrogen-bond donors (Lipinski definition) is 3. The van der Waals surface area contributed by atoms with Crippen molar-refractivity contribution in [3.63, 3.8) is 0 Å². The third kappa shape index (κ3) is 8.29. The van der Waals surface area contributed by atoms with Crippen LogP contribution in [0.15, 0.2) is 66.0 Å². The fourth-order valence-corrected chi connectivity index (χ4v) is 3.09. The Morgan fingerprint density at radius 2 is 1.69 bits per heavy atom. The van der Waals surface area contributed by atoms with Gasteiger partial charge in [0.15, 0.2) is 0 Å². The Bertz CT molecular complexity index is 972. The van der Waals surface area contributed by atoms with Gasteiger partial charge in [-0.15, -0.1) is 0 Å². The van der Waals surface area contributed by atoms with Gasteiger partial charge in [-0.05, 0) is 49.4 Å². The Kier molecular flexibility index (Phi) is 9.07. The summed E-state index contributed by atoms with van der Waals surface area (Å²) in [5, 5.41) is 9.23. The maximum Gasteiger partial charge on any atom is 0.247 e. The van der Waals surface area contributed by atoms with Crippen LogP contribution in [0.2, 0.25) is 0 Å². The van der Waals surface area contributed by atoms with Crippen molar-refractivity contribution in [2.75, 3.05) is 0 Å². The number of hydrogen-bond acceptors (Lipinski definition) is 4. The highest BCUT2D eigenvalue weighted by molar-refractivity contribution is 5.89. The second-order valence-corrected chi connectivity index (χ2v) is 7.69. The van der Waals surface area contributed by atoms with Gasteiger partial charge in [-0.2, -0.15) is 5.10 Å². The average molecular weight is 443 g/mol. The highest BCUT2D eigenvalue weighted by atomic mass is 19.1. The lowest BCUT2D eigenvalue weighted by Gasteiger charge is -2.16. The largest absolute Gasteiger partial charge is 0.344 e. The molecule has 32 heavy (non-hydrogen) atoms. The number of amides is 2. The molecule has 0 bridgehead atoms. The molecule has 6 nitrogen and oxygen atoms in total. The van der Waals surface area contributed by atoms with E-state index >= 15 is 0 Å². The van der Waals surface area contributed by atoms with E-state index in [9.17, 15) is 18.4 Å².